The van der Waals surface area contributed by atoms with Crippen molar-refractivity contribution in [1.82, 2.24) is 19.7 Å². The molecule has 12 nitrogen and oxygen atoms in total. The maximum Gasteiger partial charge on any atom is 0.326 e. The number of nitrogens with one attached hydrogen (secondary N) is 4. The van der Waals surface area contributed by atoms with Gasteiger partial charge in [0.1, 0.15) is 23.1 Å². The van der Waals surface area contributed by atoms with Crippen LogP contribution < -0.4 is 20.1 Å². The number of carbonyl (C=O) groups excluding carboxylic acids is 1. The van der Waals surface area contributed by atoms with E-state index in [0.717, 1.165) is 11.1 Å². The minimum absolute atomic E-state index is 0.0327. The van der Waals surface area contributed by atoms with Crippen molar-refractivity contribution in [3.05, 3.63) is 52.5 Å². The summed E-state index contributed by atoms with van der Waals surface area (Å²) in [4.78, 5) is 38.0. The molecular weight excluding hydrogens is 653 g/mol. The molecule has 0 aliphatic carbocycles. The summed E-state index contributed by atoms with van der Waals surface area (Å²) in [6.45, 7) is 1.93. The molecular formula is C28H35Cl2N5O7S2. The number of rotatable bonds is 14. The Kier molecular flexibility index (Phi) is 11.8. The lowest BCUT2D eigenvalue weighted by Gasteiger charge is -2.27. The molecule has 2 aliphatic rings. The Morgan fingerprint density at radius 3 is 2.52 bits per heavy atom. The zero-order valence-electron chi connectivity index (χ0n) is 23.9. The lowest BCUT2D eigenvalue weighted by Crippen LogP contribution is -2.53. The summed E-state index contributed by atoms with van der Waals surface area (Å²) in [6, 6.07) is 7.68. The van der Waals surface area contributed by atoms with Gasteiger partial charge in [-0.2, -0.15) is 0 Å². The highest BCUT2D eigenvalue weighted by Gasteiger charge is 2.36. The second-order valence-electron chi connectivity index (χ2n) is 10.7. The van der Waals surface area contributed by atoms with Crippen LogP contribution in [-0.4, -0.2) is 78.1 Å². The van der Waals surface area contributed by atoms with Gasteiger partial charge in [-0.05, 0) is 74.2 Å². The van der Waals surface area contributed by atoms with Crippen LogP contribution in [0, 0.1) is 0 Å². The van der Waals surface area contributed by atoms with Gasteiger partial charge in [0.05, 0.1) is 22.6 Å². The Bertz CT molecular complexity index is 1480. The number of halogens is 2. The molecule has 2 aromatic rings. The van der Waals surface area contributed by atoms with E-state index < -0.39 is 46.0 Å². The molecule has 16 heteroatoms. The number of hydrogen-bond acceptors (Lipinski definition) is 9. The third kappa shape index (κ3) is 8.56. The standard InChI is InChI=1S/C28H35Cl2N5O7S2/c1-16(26(36)35-11-3-6-22(35)28(39)40)32-20(27(37)38)5-2-4-17-7-9-18(10-8-17)15-31-44(41,42)24-13-23-21(12-19(24)30)33-25(14-29)34-43-23/h7-10,12-13,16,20,22,25,31-34H,2-6,11,14-15H2,1H3,(H,37,38)(H,39,40)/t16?,20-,22-,25-/m0/s1. The predicted molar refractivity (Wildman–Crippen MR) is 168 cm³/mol. The van der Waals surface area contributed by atoms with Gasteiger partial charge in [-0.1, -0.05) is 35.9 Å². The first-order valence-corrected chi connectivity index (χ1v) is 17.3. The maximum absolute atomic E-state index is 13.0. The molecule has 1 saturated heterocycles. The highest BCUT2D eigenvalue weighted by molar-refractivity contribution is 7.97. The van der Waals surface area contributed by atoms with Crippen molar-refractivity contribution < 1.29 is 33.0 Å². The average Bonchev–Trinajstić information content (AvgIpc) is 3.49. The van der Waals surface area contributed by atoms with Gasteiger partial charge in [-0.3, -0.25) is 14.9 Å². The van der Waals surface area contributed by atoms with E-state index in [4.69, 9.17) is 23.2 Å². The SMILES string of the molecule is CC(N[C@@H](CCCc1ccc(CNS(=O)(=O)c2cc3c(cc2Cl)N[C@H](CCl)NS3)cc1)C(=O)O)C(=O)N1CCC[C@H]1C(=O)O. The van der Waals surface area contributed by atoms with E-state index >= 15 is 0 Å². The molecule has 0 radical (unpaired) electrons. The van der Waals surface area contributed by atoms with Crippen LogP contribution in [0.2, 0.25) is 5.02 Å². The van der Waals surface area contributed by atoms with Gasteiger partial charge in [-0.15, -0.1) is 11.6 Å². The number of nitrogens with zero attached hydrogens (tertiary/aromatic N) is 1. The smallest absolute Gasteiger partial charge is 0.326 e. The van der Waals surface area contributed by atoms with Crippen LogP contribution in [0.4, 0.5) is 5.69 Å². The fourth-order valence-electron chi connectivity index (χ4n) is 5.14. The molecule has 0 aromatic heterocycles. The maximum atomic E-state index is 13.0. The molecule has 240 valence electrons. The van der Waals surface area contributed by atoms with Crippen LogP contribution in [-0.2, 0) is 37.4 Å². The van der Waals surface area contributed by atoms with Crippen LogP contribution in [0.25, 0.3) is 0 Å². The molecule has 6 N–H and O–H groups in total. The van der Waals surface area contributed by atoms with Crippen LogP contribution in [0.3, 0.4) is 0 Å². The number of sulfonamides is 1. The summed E-state index contributed by atoms with van der Waals surface area (Å²) in [5.74, 6) is -2.25. The van der Waals surface area contributed by atoms with Crippen LogP contribution in [0.5, 0.6) is 0 Å². The zero-order valence-corrected chi connectivity index (χ0v) is 27.0. The van der Waals surface area contributed by atoms with Gasteiger partial charge in [0.15, 0.2) is 0 Å². The van der Waals surface area contributed by atoms with Crippen LogP contribution in [0.1, 0.15) is 43.7 Å². The summed E-state index contributed by atoms with van der Waals surface area (Å²) in [5, 5.41) is 25.1. The number of aliphatic carboxylic acids is 2. The van der Waals surface area contributed by atoms with Crippen molar-refractivity contribution in [2.24, 2.45) is 0 Å². The molecule has 2 heterocycles. The summed E-state index contributed by atoms with van der Waals surface area (Å²) < 4.78 is 31.7. The van der Waals surface area contributed by atoms with Gasteiger partial charge in [-0.25, -0.2) is 22.7 Å². The van der Waals surface area contributed by atoms with Crippen LogP contribution in [0.15, 0.2) is 46.2 Å². The third-order valence-electron chi connectivity index (χ3n) is 7.51. The largest absolute Gasteiger partial charge is 0.480 e. The Morgan fingerprint density at radius 1 is 1.16 bits per heavy atom. The third-order valence-corrected chi connectivity index (χ3v) is 10.6. The fraction of sp³-hybridized carbons (Fsp3) is 0.464. The Balaban J connectivity index is 1.27. The number of hydrogen-bond donors (Lipinski definition) is 6. The normalized spacial score (nSPS) is 19.6. The second-order valence-corrected chi connectivity index (χ2v) is 14.0. The minimum Gasteiger partial charge on any atom is -0.480 e. The van der Waals surface area contributed by atoms with Gasteiger partial charge >= 0.3 is 11.9 Å². The fourth-order valence-corrected chi connectivity index (χ4v) is 7.84. The van der Waals surface area contributed by atoms with Gasteiger partial charge in [0, 0.05) is 18.0 Å². The average molecular weight is 689 g/mol. The molecule has 1 amide bonds. The number of carboxylic acid groups (broad SMARTS) is 2. The number of carbonyl (C=O) groups is 3. The van der Waals surface area contributed by atoms with Crippen molar-refractivity contribution >= 4 is 68.7 Å². The Labute approximate surface area is 270 Å². The molecule has 0 spiro atoms. The molecule has 44 heavy (non-hydrogen) atoms. The molecule has 2 aliphatic heterocycles. The topological polar surface area (TPSA) is 177 Å². The number of carboxylic acids is 2. The minimum atomic E-state index is -3.91. The summed E-state index contributed by atoms with van der Waals surface area (Å²) in [5.41, 5.74) is 2.37. The van der Waals surface area contributed by atoms with Crippen molar-refractivity contribution in [3.8, 4) is 0 Å². The first kappa shape index (κ1) is 34.3. The van der Waals surface area contributed by atoms with E-state index in [2.05, 4.69) is 20.1 Å². The number of aryl methyl sites for hydroxylation is 1. The van der Waals surface area contributed by atoms with Gasteiger partial charge < -0.3 is 20.4 Å². The monoisotopic (exact) mass is 687 g/mol. The van der Waals surface area contributed by atoms with Crippen molar-refractivity contribution in [1.29, 1.82) is 0 Å². The first-order valence-electron chi connectivity index (χ1n) is 14.1. The highest BCUT2D eigenvalue weighted by Crippen LogP contribution is 2.36. The lowest BCUT2D eigenvalue weighted by atomic mass is 10.0. The molecule has 1 fully saturated rings. The van der Waals surface area contributed by atoms with Gasteiger partial charge in [0.25, 0.3) is 0 Å². The van der Waals surface area contributed by atoms with Crippen molar-refractivity contribution in [2.45, 2.75) is 79.7 Å². The molecule has 0 saturated carbocycles. The number of anilines is 1. The van der Waals surface area contributed by atoms with E-state index in [1.165, 1.54) is 22.9 Å². The van der Waals surface area contributed by atoms with Crippen LogP contribution >= 0.6 is 35.1 Å². The zero-order chi connectivity index (χ0) is 32.0. The molecule has 4 atom stereocenters. The number of alkyl halides is 1. The van der Waals surface area contributed by atoms with E-state index in [-0.39, 0.29) is 29.0 Å². The van der Waals surface area contributed by atoms with E-state index in [0.29, 0.717) is 48.7 Å². The quantitative estimate of drug-likeness (QED) is 0.127. The lowest BCUT2D eigenvalue weighted by molar-refractivity contribution is -0.149. The predicted octanol–water partition coefficient (Wildman–Crippen LogP) is 3.24. The summed E-state index contributed by atoms with van der Waals surface area (Å²) in [6.07, 6.45) is 2.16. The number of amides is 1. The molecule has 2 aromatic carbocycles. The van der Waals surface area contributed by atoms with Crippen molar-refractivity contribution in [2.75, 3.05) is 17.7 Å². The Hall–Kier alpha value is -2.59. The van der Waals surface area contributed by atoms with E-state index in [1.807, 2.05) is 12.1 Å². The Morgan fingerprint density at radius 2 is 1.86 bits per heavy atom. The van der Waals surface area contributed by atoms with Gasteiger partial charge in [0.2, 0.25) is 15.9 Å². The summed E-state index contributed by atoms with van der Waals surface area (Å²) >= 11 is 13.5. The van der Waals surface area contributed by atoms with E-state index in [1.54, 1.807) is 25.1 Å². The highest BCUT2D eigenvalue weighted by atomic mass is 35.5. The molecule has 4 rings (SSSR count). The van der Waals surface area contributed by atoms with E-state index in [9.17, 15) is 33.0 Å². The molecule has 0 bridgehead atoms. The number of likely N-dealkylation sites (tertiary alicyclic amines) is 1. The second kappa shape index (κ2) is 15.1. The molecule has 1 unspecified atom stereocenters. The number of fused-ring (bicyclic) bond motifs is 1. The first-order chi connectivity index (χ1) is 20.9. The summed E-state index contributed by atoms with van der Waals surface area (Å²) in [7, 11) is -3.91. The number of benzene rings is 2. The van der Waals surface area contributed by atoms with Crippen molar-refractivity contribution in [3.63, 3.8) is 0 Å².